The molecule has 2 spiro atoms. The van der Waals surface area contributed by atoms with E-state index in [0.29, 0.717) is 0 Å². The van der Waals surface area contributed by atoms with Crippen molar-refractivity contribution in [3.05, 3.63) is 58.7 Å². The van der Waals surface area contributed by atoms with Crippen molar-refractivity contribution in [3.63, 3.8) is 0 Å². The van der Waals surface area contributed by atoms with Gasteiger partial charge in [-0.25, -0.2) is 0 Å². The molecule has 2 aromatic rings. The van der Waals surface area contributed by atoms with E-state index >= 15 is 0 Å². The van der Waals surface area contributed by atoms with Gasteiger partial charge in [-0.15, -0.1) is 0 Å². The first-order chi connectivity index (χ1) is 16.0. The van der Waals surface area contributed by atoms with Gasteiger partial charge < -0.3 is 28.6 Å². The SMILES string of the molecule is COc1ccc2c3c1OC1C4(OC)C=CC5(c6c(OC)ccc(OC)c64)C(C2)N(C)CCC315. The lowest BCUT2D eigenvalue weighted by Crippen LogP contribution is -2.77. The van der Waals surface area contributed by atoms with Crippen LogP contribution in [0.25, 0.3) is 0 Å². The summed E-state index contributed by atoms with van der Waals surface area (Å²) < 4.78 is 31.3. The molecule has 33 heavy (non-hydrogen) atoms. The molecule has 0 saturated carbocycles. The lowest BCUT2D eigenvalue weighted by molar-refractivity contribution is -0.145. The van der Waals surface area contributed by atoms with Crippen LogP contribution >= 0.6 is 0 Å². The van der Waals surface area contributed by atoms with E-state index in [1.807, 2.05) is 12.1 Å². The lowest BCUT2D eigenvalue weighted by Gasteiger charge is -2.69. The first-order valence-corrected chi connectivity index (χ1v) is 11.6. The van der Waals surface area contributed by atoms with Crippen molar-refractivity contribution in [1.82, 2.24) is 4.90 Å². The predicted molar refractivity (Wildman–Crippen MR) is 123 cm³/mol. The molecule has 1 saturated heterocycles. The molecule has 8 rings (SSSR count). The number of ether oxygens (including phenoxy) is 5. The van der Waals surface area contributed by atoms with Crippen LogP contribution in [0.3, 0.4) is 0 Å². The Morgan fingerprint density at radius 2 is 1.58 bits per heavy atom. The molecule has 6 heteroatoms. The molecule has 0 amide bonds. The number of methoxy groups -OCH3 is 4. The molecule has 1 fully saturated rings. The summed E-state index contributed by atoms with van der Waals surface area (Å²) >= 11 is 0. The maximum Gasteiger partial charge on any atom is 0.166 e. The van der Waals surface area contributed by atoms with E-state index in [1.54, 1.807) is 28.4 Å². The van der Waals surface area contributed by atoms with E-state index in [1.165, 1.54) is 16.7 Å². The smallest absolute Gasteiger partial charge is 0.166 e. The average Bonchev–Trinajstić information content (AvgIpc) is 3.22. The Hall–Kier alpha value is -2.70. The minimum atomic E-state index is -0.796. The average molecular weight is 448 g/mol. The van der Waals surface area contributed by atoms with E-state index in [9.17, 15) is 0 Å². The zero-order valence-electron chi connectivity index (χ0n) is 19.7. The molecule has 2 heterocycles. The lowest BCUT2D eigenvalue weighted by atomic mass is 9.37. The summed E-state index contributed by atoms with van der Waals surface area (Å²) in [5.74, 6) is 3.36. The summed E-state index contributed by atoms with van der Waals surface area (Å²) in [7, 11) is 9.23. The molecule has 4 aliphatic carbocycles. The zero-order chi connectivity index (χ0) is 22.8. The van der Waals surface area contributed by atoms with Crippen molar-refractivity contribution in [2.75, 3.05) is 42.0 Å². The predicted octanol–water partition coefficient (Wildman–Crippen LogP) is 3.33. The van der Waals surface area contributed by atoms with Gasteiger partial charge in [0.25, 0.3) is 0 Å². The molecule has 2 aliphatic heterocycles. The molecule has 0 N–H and O–H groups in total. The molecule has 0 aromatic heterocycles. The molecule has 6 aliphatic rings. The van der Waals surface area contributed by atoms with Gasteiger partial charge >= 0.3 is 0 Å². The summed E-state index contributed by atoms with van der Waals surface area (Å²) in [5.41, 5.74) is 3.47. The van der Waals surface area contributed by atoms with Gasteiger partial charge in [0.2, 0.25) is 0 Å². The van der Waals surface area contributed by atoms with Crippen molar-refractivity contribution < 1.29 is 23.7 Å². The fourth-order valence-electron chi connectivity index (χ4n) is 8.18. The highest BCUT2D eigenvalue weighted by Gasteiger charge is 2.79. The van der Waals surface area contributed by atoms with Crippen LogP contribution in [0.4, 0.5) is 0 Å². The summed E-state index contributed by atoms with van der Waals surface area (Å²) in [6, 6.07) is 8.59. The highest BCUT2D eigenvalue weighted by molar-refractivity contribution is 5.75. The molecular formula is C27H29NO5. The number of nitrogens with zero attached hydrogens (tertiary/aromatic N) is 1. The second-order valence-corrected chi connectivity index (χ2v) is 9.97. The van der Waals surface area contributed by atoms with E-state index in [4.69, 9.17) is 23.7 Å². The minimum Gasteiger partial charge on any atom is -0.496 e. The highest BCUT2D eigenvalue weighted by Crippen LogP contribution is 2.75. The summed E-state index contributed by atoms with van der Waals surface area (Å²) in [6.07, 6.45) is 6.32. The molecule has 6 nitrogen and oxygen atoms in total. The maximum absolute atomic E-state index is 6.97. The Kier molecular flexibility index (Phi) is 3.62. The second-order valence-electron chi connectivity index (χ2n) is 9.97. The van der Waals surface area contributed by atoms with Crippen molar-refractivity contribution in [1.29, 1.82) is 0 Å². The van der Waals surface area contributed by atoms with E-state index in [0.717, 1.165) is 47.9 Å². The fraction of sp³-hybridized carbons (Fsp3) is 0.481. The van der Waals surface area contributed by atoms with E-state index < -0.39 is 5.60 Å². The number of likely N-dealkylation sites (tertiary alicyclic amines) is 1. The fourth-order valence-corrected chi connectivity index (χ4v) is 8.18. The van der Waals surface area contributed by atoms with E-state index in [-0.39, 0.29) is 23.0 Å². The minimum absolute atomic E-state index is 0.227. The van der Waals surface area contributed by atoms with Crippen molar-refractivity contribution >= 4 is 0 Å². The molecule has 5 atom stereocenters. The van der Waals surface area contributed by atoms with Gasteiger partial charge in [0.05, 0.1) is 26.7 Å². The van der Waals surface area contributed by atoms with Crippen LogP contribution in [0.1, 0.15) is 28.7 Å². The third kappa shape index (κ3) is 1.79. The Morgan fingerprint density at radius 3 is 2.27 bits per heavy atom. The van der Waals surface area contributed by atoms with Crippen LogP contribution < -0.4 is 18.9 Å². The number of likely N-dealkylation sites (N-methyl/N-ethyl adjacent to an activating group) is 1. The normalized spacial score (nSPS) is 36.2. The maximum atomic E-state index is 6.97. The van der Waals surface area contributed by atoms with Crippen molar-refractivity contribution in [3.8, 4) is 23.0 Å². The Labute approximate surface area is 194 Å². The van der Waals surface area contributed by atoms with Gasteiger partial charge in [-0.1, -0.05) is 12.1 Å². The van der Waals surface area contributed by atoms with E-state index in [2.05, 4.69) is 36.2 Å². The summed E-state index contributed by atoms with van der Waals surface area (Å²) in [5, 5.41) is 0. The molecule has 172 valence electrons. The first kappa shape index (κ1) is 19.7. The van der Waals surface area contributed by atoms with Gasteiger partial charge in [0.1, 0.15) is 17.6 Å². The Balaban J connectivity index is 1.69. The summed E-state index contributed by atoms with van der Waals surface area (Å²) in [4.78, 5) is 2.52. The topological polar surface area (TPSA) is 49.4 Å². The monoisotopic (exact) mass is 447 g/mol. The van der Waals surface area contributed by atoms with Crippen LogP contribution in [0.5, 0.6) is 23.0 Å². The molecule has 2 aromatic carbocycles. The van der Waals surface area contributed by atoms with Crippen molar-refractivity contribution in [2.45, 2.75) is 41.4 Å². The van der Waals surface area contributed by atoms with Crippen LogP contribution in [0.2, 0.25) is 0 Å². The molecule has 4 bridgehead atoms. The summed E-state index contributed by atoms with van der Waals surface area (Å²) in [6.45, 7) is 0.998. The number of piperidine rings is 1. The highest BCUT2D eigenvalue weighted by atomic mass is 16.6. The molecule has 5 unspecified atom stereocenters. The van der Waals surface area contributed by atoms with Gasteiger partial charge in [-0.3, -0.25) is 0 Å². The van der Waals surface area contributed by atoms with Crippen LogP contribution in [-0.4, -0.2) is 59.1 Å². The second kappa shape index (κ2) is 6.05. The third-order valence-electron chi connectivity index (χ3n) is 9.32. The third-order valence-corrected chi connectivity index (χ3v) is 9.32. The van der Waals surface area contributed by atoms with Gasteiger partial charge in [0, 0.05) is 35.3 Å². The van der Waals surface area contributed by atoms with Gasteiger partial charge in [-0.2, -0.15) is 0 Å². The van der Waals surface area contributed by atoms with Gasteiger partial charge in [-0.05, 0) is 56.3 Å². The largest absolute Gasteiger partial charge is 0.496 e. The van der Waals surface area contributed by atoms with Crippen LogP contribution in [-0.2, 0) is 27.6 Å². The van der Waals surface area contributed by atoms with Crippen LogP contribution in [0, 0.1) is 0 Å². The van der Waals surface area contributed by atoms with Crippen molar-refractivity contribution in [2.24, 2.45) is 0 Å². The standard InChI is InChI=1S/C27H29NO5/c1-28-13-12-26-20-15-6-7-18(31-4)23(20)33-24(26)27(32-5)11-10-25(26,19(28)14-15)21-16(29-2)8-9-17(30-3)22(21)27/h6-11,19,24H,12-14H2,1-5H3. The molecule has 0 radical (unpaired) electrons. The number of hydrogen-bond acceptors (Lipinski definition) is 6. The number of hydrogen-bond donors (Lipinski definition) is 0. The van der Waals surface area contributed by atoms with Crippen LogP contribution in [0.15, 0.2) is 36.4 Å². The molecular weight excluding hydrogens is 418 g/mol. The Bertz CT molecular complexity index is 1240. The Morgan fingerprint density at radius 1 is 0.879 bits per heavy atom. The number of benzene rings is 2. The zero-order valence-corrected chi connectivity index (χ0v) is 19.7. The quantitative estimate of drug-likeness (QED) is 0.671. The van der Waals surface area contributed by atoms with Gasteiger partial charge in [0.15, 0.2) is 17.1 Å². The first-order valence-electron chi connectivity index (χ1n) is 11.6. The number of rotatable bonds is 4.